The van der Waals surface area contributed by atoms with E-state index in [0.717, 1.165) is 23.7 Å². The van der Waals surface area contributed by atoms with Gasteiger partial charge in [-0.15, -0.1) is 0 Å². The Morgan fingerprint density at radius 2 is 2.14 bits per heavy atom. The Morgan fingerprint density at radius 1 is 1.43 bits per heavy atom. The van der Waals surface area contributed by atoms with Gasteiger partial charge in [-0.05, 0) is 26.8 Å². The van der Waals surface area contributed by atoms with Crippen molar-refractivity contribution in [3.05, 3.63) is 16.9 Å². The van der Waals surface area contributed by atoms with Gasteiger partial charge in [0.2, 0.25) is 0 Å². The van der Waals surface area contributed by atoms with Gasteiger partial charge in [0.25, 0.3) is 0 Å². The zero-order valence-electron chi connectivity index (χ0n) is 13.3. The van der Waals surface area contributed by atoms with E-state index in [1.807, 2.05) is 0 Å². The lowest BCUT2D eigenvalue weighted by Gasteiger charge is -2.36. The van der Waals surface area contributed by atoms with Crippen molar-refractivity contribution in [1.82, 2.24) is 15.1 Å². The zero-order chi connectivity index (χ0) is 15.4. The lowest BCUT2D eigenvalue weighted by Crippen LogP contribution is -2.39. The predicted octanol–water partition coefficient (Wildman–Crippen LogP) is 4.40. The molecule has 1 saturated heterocycles. The van der Waals surface area contributed by atoms with Crippen LogP contribution in [0.4, 0.5) is 0 Å². The molecule has 1 aromatic rings. The van der Waals surface area contributed by atoms with Crippen molar-refractivity contribution < 1.29 is 0 Å². The van der Waals surface area contributed by atoms with Crippen LogP contribution >= 0.6 is 35.1 Å². The maximum atomic E-state index is 6.49. The predicted molar refractivity (Wildman–Crippen MR) is 96.8 cm³/mol. The molecule has 0 aliphatic carbocycles. The van der Waals surface area contributed by atoms with Crippen LogP contribution in [0.2, 0.25) is 5.02 Å². The molecule has 1 N–H and O–H groups in total. The molecule has 0 amide bonds. The van der Waals surface area contributed by atoms with E-state index >= 15 is 0 Å². The first kappa shape index (κ1) is 17.5. The minimum absolute atomic E-state index is 0.273. The largest absolute Gasteiger partial charge is 0.308 e. The van der Waals surface area contributed by atoms with Crippen molar-refractivity contribution in [3.63, 3.8) is 0 Å². The first-order valence-corrected chi connectivity index (χ1v) is 10.2. The Balaban J connectivity index is 2.33. The molecule has 1 aliphatic heterocycles. The molecule has 2 heterocycles. The summed E-state index contributed by atoms with van der Waals surface area (Å²) in [6.45, 7) is 9.88. The summed E-state index contributed by atoms with van der Waals surface area (Å²) < 4.78 is 2.09. The maximum Gasteiger partial charge on any atom is 0.0834 e. The molecule has 0 bridgehead atoms. The molecule has 0 aromatic carbocycles. The number of hydrogen-bond donors (Lipinski definition) is 1. The first-order valence-electron chi connectivity index (χ1n) is 7.75. The number of thioether (sulfide) groups is 2. The Kier molecular flexibility index (Phi) is 6.79. The number of nitrogens with one attached hydrogen (secondary N) is 1. The summed E-state index contributed by atoms with van der Waals surface area (Å²) in [5, 5.41) is 10.2. The molecule has 21 heavy (non-hydrogen) atoms. The number of hydrogen-bond acceptors (Lipinski definition) is 4. The molecule has 3 unspecified atom stereocenters. The van der Waals surface area contributed by atoms with Gasteiger partial charge in [-0.25, -0.2) is 0 Å². The Morgan fingerprint density at radius 3 is 2.76 bits per heavy atom. The third-order valence-electron chi connectivity index (χ3n) is 3.75. The van der Waals surface area contributed by atoms with Crippen molar-refractivity contribution in [1.29, 1.82) is 0 Å². The van der Waals surface area contributed by atoms with Crippen LogP contribution < -0.4 is 5.32 Å². The lowest BCUT2D eigenvalue weighted by atomic mass is 10.1. The first-order chi connectivity index (χ1) is 10.1. The van der Waals surface area contributed by atoms with Gasteiger partial charge in [-0.1, -0.05) is 25.4 Å². The second-order valence-corrected chi connectivity index (χ2v) is 8.94. The van der Waals surface area contributed by atoms with E-state index in [0.29, 0.717) is 16.5 Å². The summed E-state index contributed by atoms with van der Waals surface area (Å²) in [6.07, 6.45) is 2.92. The number of rotatable bonds is 6. The summed E-state index contributed by atoms with van der Waals surface area (Å²) in [4.78, 5) is 0. The third kappa shape index (κ3) is 4.12. The van der Waals surface area contributed by atoms with E-state index in [9.17, 15) is 0 Å². The van der Waals surface area contributed by atoms with Gasteiger partial charge in [0, 0.05) is 28.0 Å². The molecule has 2 rings (SSSR count). The van der Waals surface area contributed by atoms with E-state index in [1.54, 1.807) is 6.20 Å². The average Bonchev–Trinajstić information content (AvgIpc) is 2.83. The summed E-state index contributed by atoms with van der Waals surface area (Å²) in [5.41, 5.74) is 1.16. The van der Waals surface area contributed by atoms with E-state index in [1.165, 1.54) is 11.5 Å². The van der Waals surface area contributed by atoms with Gasteiger partial charge < -0.3 is 5.32 Å². The Bertz CT molecular complexity index is 450. The van der Waals surface area contributed by atoms with Crippen molar-refractivity contribution in [2.45, 2.75) is 56.7 Å². The van der Waals surface area contributed by atoms with Crippen molar-refractivity contribution in [3.8, 4) is 0 Å². The van der Waals surface area contributed by atoms with Crippen LogP contribution in [0.3, 0.4) is 0 Å². The molecule has 6 heteroatoms. The lowest BCUT2D eigenvalue weighted by molar-refractivity contribution is 0.433. The standard InChI is InChI=1S/C15H26ClN3S2/c1-5-6-17-13(15-11(4)20-7-8-21-15)14-12(16)9-18-19(14)10(2)3/h9-11,13,15,17H,5-8H2,1-4H3. The van der Waals surface area contributed by atoms with Crippen LogP contribution in [-0.2, 0) is 0 Å². The van der Waals surface area contributed by atoms with E-state index in [4.69, 9.17) is 11.6 Å². The second kappa shape index (κ2) is 8.14. The van der Waals surface area contributed by atoms with Gasteiger partial charge in [-0.2, -0.15) is 28.6 Å². The highest BCUT2D eigenvalue weighted by molar-refractivity contribution is 8.07. The van der Waals surface area contributed by atoms with Gasteiger partial charge in [0.15, 0.2) is 0 Å². The van der Waals surface area contributed by atoms with E-state index < -0.39 is 0 Å². The van der Waals surface area contributed by atoms with Crippen molar-refractivity contribution >= 4 is 35.1 Å². The van der Waals surface area contributed by atoms with E-state index in [-0.39, 0.29) is 6.04 Å². The van der Waals surface area contributed by atoms with Crippen LogP contribution in [0.25, 0.3) is 0 Å². The summed E-state index contributed by atoms with van der Waals surface area (Å²) in [5.74, 6) is 2.47. The average molecular weight is 348 g/mol. The number of halogens is 1. The minimum Gasteiger partial charge on any atom is -0.308 e. The van der Waals surface area contributed by atoms with Crippen LogP contribution in [0, 0.1) is 0 Å². The smallest absolute Gasteiger partial charge is 0.0834 e. The fraction of sp³-hybridized carbons (Fsp3) is 0.800. The molecule has 0 radical (unpaired) electrons. The molecule has 1 fully saturated rings. The SMILES string of the molecule is CCCNC(c1c(Cl)cnn1C(C)C)C1SCCSC1C. The fourth-order valence-electron chi connectivity index (χ4n) is 2.74. The molecular weight excluding hydrogens is 322 g/mol. The van der Waals surface area contributed by atoms with Crippen molar-refractivity contribution in [2.75, 3.05) is 18.1 Å². The molecule has 0 spiro atoms. The molecule has 0 saturated carbocycles. The summed E-state index contributed by atoms with van der Waals surface area (Å²) in [7, 11) is 0. The minimum atomic E-state index is 0.273. The summed E-state index contributed by atoms with van der Waals surface area (Å²) in [6, 6.07) is 0.602. The van der Waals surface area contributed by atoms with Crippen LogP contribution in [-0.4, -0.2) is 38.3 Å². The molecule has 120 valence electrons. The Hall–Kier alpha value is 0.160. The second-order valence-electron chi connectivity index (χ2n) is 5.76. The molecule has 1 aliphatic rings. The van der Waals surface area contributed by atoms with Gasteiger partial charge in [-0.3, -0.25) is 4.68 Å². The summed E-state index contributed by atoms with van der Waals surface area (Å²) >= 11 is 10.6. The highest BCUT2D eigenvalue weighted by Gasteiger charge is 2.34. The maximum absolute atomic E-state index is 6.49. The quantitative estimate of drug-likeness (QED) is 0.826. The van der Waals surface area contributed by atoms with Crippen molar-refractivity contribution in [2.24, 2.45) is 0 Å². The topological polar surface area (TPSA) is 29.9 Å². The van der Waals surface area contributed by atoms with Crippen LogP contribution in [0.5, 0.6) is 0 Å². The van der Waals surface area contributed by atoms with E-state index in [2.05, 4.69) is 66.3 Å². The van der Waals surface area contributed by atoms with Gasteiger partial charge in [0.1, 0.15) is 0 Å². The van der Waals surface area contributed by atoms with Crippen LogP contribution in [0.15, 0.2) is 6.20 Å². The van der Waals surface area contributed by atoms with Crippen LogP contribution in [0.1, 0.15) is 51.9 Å². The zero-order valence-corrected chi connectivity index (χ0v) is 15.7. The Labute approximate surface area is 142 Å². The third-order valence-corrected chi connectivity index (χ3v) is 7.24. The van der Waals surface area contributed by atoms with Gasteiger partial charge in [0.05, 0.1) is 23.0 Å². The number of nitrogens with zero attached hydrogens (tertiary/aromatic N) is 2. The highest BCUT2D eigenvalue weighted by Crippen LogP contribution is 2.40. The molecule has 3 nitrogen and oxygen atoms in total. The monoisotopic (exact) mass is 347 g/mol. The normalized spacial score (nSPS) is 24.5. The fourth-order valence-corrected chi connectivity index (χ4v) is 5.91. The molecular formula is C15H26ClN3S2. The highest BCUT2D eigenvalue weighted by atomic mass is 35.5. The molecule has 3 atom stereocenters. The molecule has 1 aromatic heterocycles. The van der Waals surface area contributed by atoms with Gasteiger partial charge >= 0.3 is 0 Å². The number of aromatic nitrogens is 2.